The lowest BCUT2D eigenvalue weighted by Gasteiger charge is -2.01. The molecule has 0 saturated carbocycles. The van der Waals surface area contributed by atoms with Crippen LogP contribution in [0.4, 0.5) is 5.69 Å². The van der Waals surface area contributed by atoms with Gasteiger partial charge in [-0.25, -0.2) is 0 Å². The zero-order valence-electron chi connectivity index (χ0n) is 8.14. The van der Waals surface area contributed by atoms with Crippen LogP contribution in [0.1, 0.15) is 11.1 Å². The quantitative estimate of drug-likeness (QED) is 0.779. The van der Waals surface area contributed by atoms with E-state index in [9.17, 15) is 0 Å². The summed E-state index contributed by atoms with van der Waals surface area (Å²) in [5.41, 5.74) is 8.79. The van der Waals surface area contributed by atoms with E-state index in [1.807, 2.05) is 10.9 Å². The predicted octanol–water partition coefficient (Wildman–Crippen LogP) is 1.82. The van der Waals surface area contributed by atoms with Gasteiger partial charge in [0.05, 0.1) is 18.4 Å². The molecule has 0 fully saturated rings. The molecule has 14 heavy (non-hydrogen) atoms. The van der Waals surface area contributed by atoms with Crippen LogP contribution in [0.3, 0.4) is 0 Å². The van der Waals surface area contributed by atoms with Crippen molar-refractivity contribution in [3.8, 4) is 0 Å². The molecule has 2 aromatic rings. The summed E-state index contributed by atoms with van der Waals surface area (Å²) in [6.07, 6.45) is 3.49. The summed E-state index contributed by atoms with van der Waals surface area (Å²) in [7, 11) is 0. The zero-order chi connectivity index (χ0) is 9.97. The largest absolute Gasteiger partial charge is 0.396 e. The van der Waals surface area contributed by atoms with E-state index in [1.54, 1.807) is 6.20 Å². The number of anilines is 1. The van der Waals surface area contributed by atoms with Crippen molar-refractivity contribution in [2.45, 2.75) is 13.5 Å². The van der Waals surface area contributed by atoms with Crippen LogP contribution in [0.2, 0.25) is 0 Å². The Labute approximate surface area is 83.2 Å². The van der Waals surface area contributed by atoms with E-state index in [0.29, 0.717) is 5.69 Å². The van der Waals surface area contributed by atoms with Crippen LogP contribution in [-0.2, 0) is 6.54 Å². The van der Waals surface area contributed by atoms with Gasteiger partial charge in [-0.15, -0.1) is 0 Å². The average Bonchev–Trinajstić information content (AvgIpc) is 2.56. The van der Waals surface area contributed by atoms with Gasteiger partial charge < -0.3 is 5.73 Å². The maximum Gasteiger partial charge on any atom is 0.0719 e. The summed E-state index contributed by atoms with van der Waals surface area (Å²) in [4.78, 5) is 0. The molecule has 0 unspecified atom stereocenters. The third-order valence-corrected chi connectivity index (χ3v) is 2.12. The van der Waals surface area contributed by atoms with E-state index in [4.69, 9.17) is 5.73 Å². The van der Waals surface area contributed by atoms with Crippen LogP contribution < -0.4 is 5.73 Å². The van der Waals surface area contributed by atoms with Crippen molar-refractivity contribution >= 4 is 5.69 Å². The molecule has 72 valence electrons. The molecule has 1 heterocycles. The van der Waals surface area contributed by atoms with Crippen LogP contribution in [0, 0.1) is 6.92 Å². The Bertz CT molecular complexity index is 414. The van der Waals surface area contributed by atoms with E-state index in [-0.39, 0.29) is 0 Å². The van der Waals surface area contributed by atoms with Gasteiger partial charge in [0, 0.05) is 6.20 Å². The molecule has 0 spiro atoms. The van der Waals surface area contributed by atoms with Crippen molar-refractivity contribution in [2.24, 2.45) is 0 Å². The zero-order valence-corrected chi connectivity index (χ0v) is 8.14. The molecule has 0 aliphatic rings. The van der Waals surface area contributed by atoms with Gasteiger partial charge in [0.25, 0.3) is 0 Å². The summed E-state index contributed by atoms with van der Waals surface area (Å²) in [6, 6.07) is 8.41. The normalized spacial score (nSPS) is 10.4. The van der Waals surface area contributed by atoms with E-state index < -0.39 is 0 Å². The first-order valence-electron chi connectivity index (χ1n) is 4.57. The van der Waals surface area contributed by atoms with Gasteiger partial charge in [0.15, 0.2) is 0 Å². The average molecular weight is 187 g/mol. The number of rotatable bonds is 2. The van der Waals surface area contributed by atoms with Crippen molar-refractivity contribution in [1.82, 2.24) is 9.78 Å². The Morgan fingerprint density at radius 2 is 2.00 bits per heavy atom. The van der Waals surface area contributed by atoms with Gasteiger partial charge in [0.2, 0.25) is 0 Å². The van der Waals surface area contributed by atoms with Gasteiger partial charge in [-0.05, 0) is 12.5 Å². The predicted molar refractivity (Wildman–Crippen MR) is 56.9 cm³/mol. The highest BCUT2D eigenvalue weighted by Crippen LogP contribution is 2.06. The summed E-state index contributed by atoms with van der Waals surface area (Å²) < 4.78 is 1.83. The number of nitrogens with zero attached hydrogens (tertiary/aromatic N) is 2. The molecule has 0 atom stereocenters. The molecule has 3 nitrogen and oxygen atoms in total. The van der Waals surface area contributed by atoms with E-state index in [0.717, 1.165) is 6.54 Å². The first-order chi connectivity index (χ1) is 6.74. The highest BCUT2D eigenvalue weighted by atomic mass is 15.3. The van der Waals surface area contributed by atoms with Crippen LogP contribution in [0.5, 0.6) is 0 Å². The summed E-state index contributed by atoms with van der Waals surface area (Å²) in [5.74, 6) is 0. The van der Waals surface area contributed by atoms with Gasteiger partial charge in [-0.1, -0.05) is 29.8 Å². The van der Waals surface area contributed by atoms with Crippen LogP contribution in [0.25, 0.3) is 0 Å². The number of nitrogen functional groups attached to an aromatic ring is 1. The number of benzene rings is 1. The van der Waals surface area contributed by atoms with Gasteiger partial charge >= 0.3 is 0 Å². The Morgan fingerprint density at radius 1 is 1.29 bits per heavy atom. The van der Waals surface area contributed by atoms with Crippen LogP contribution in [-0.4, -0.2) is 9.78 Å². The number of hydrogen-bond donors (Lipinski definition) is 1. The van der Waals surface area contributed by atoms with Gasteiger partial charge in [-0.3, -0.25) is 4.68 Å². The summed E-state index contributed by atoms with van der Waals surface area (Å²) in [5, 5.41) is 4.13. The van der Waals surface area contributed by atoms with Crippen molar-refractivity contribution in [1.29, 1.82) is 0 Å². The Hall–Kier alpha value is -1.77. The topological polar surface area (TPSA) is 43.8 Å². The van der Waals surface area contributed by atoms with Gasteiger partial charge in [0.1, 0.15) is 0 Å². The molecule has 0 amide bonds. The molecule has 1 aromatic carbocycles. The highest BCUT2D eigenvalue weighted by Gasteiger charge is 1.96. The first-order valence-corrected chi connectivity index (χ1v) is 4.57. The summed E-state index contributed by atoms with van der Waals surface area (Å²) in [6.45, 7) is 2.85. The molecule has 2 N–H and O–H groups in total. The molecule has 0 saturated heterocycles. The standard InChI is InChI=1S/C11H13N3/c1-9-2-4-10(5-3-9)7-14-8-11(12)6-13-14/h2-6,8H,7,12H2,1H3. The number of hydrogen-bond acceptors (Lipinski definition) is 2. The lowest BCUT2D eigenvalue weighted by molar-refractivity contribution is 0.687. The van der Waals surface area contributed by atoms with E-state index in [2.05, 4.69) is 36.3 Å². The van der Waals surface area contributed by atoms with Crippen molar-refractivity contribution in [3.63, 3.8) is 0 Å². The monoisotopic (exact) mass is 187 g/mol. The molecule has 3 heteroatoms. The van der Waals surface area contributed by atoms with Crippen molar-refractivity contribution < 1.29 is 0 Å². The molecule has 0 aliphatic heterocycles. The molecule has 2 rings (SSSR count). The molecule has 1 aromatic heterocycles. The smallest absolute Gasteiger partial charge is 0.0719 e. The molecular formula is C11H13N3. The fourth-order valence-electron chi connectivity index (χ4n) is 1.35. The summed E-state index contributed by atoms with van der Waals surface area (Å²) >= 11 is 0. The second-order valence-electron chi connectivity index (χ2n) is 3.46. The fraction of sp³-hybridized carbons (Fsp3) is 0.182. The third kappa shape index (κ3) is 1.93. The highest BCUT2D eigenvalue weighted by molar-refractivity contribution is 5.31. The fourth-order valence-corrected chi connectivity index (χ4v) is 1.35. The molecule has 0 radical (unpaired) electrons. The SMILES string of the molecule is Cc1ccc(Cn2cc(N)cn2)cc1. The van der Waals surface area contributed by atoms with Crippen LogP contribution >= 0.6 is 0 Å². The number of aryl methyl sites for hydroxylation is 1. The molecule has 0 aliphatic carbocycles. The second kappa shape index (κ2) is 3.54. The maximum atomic E-state index is 5.57. The van der Waals surface area contributed by atoms with Crippen molar-refractivity contribution in [2.75, 3.05) is 5.73 Å². The number of nitrogens with two attached hydrogens (primary N) is 1. The Kier molecular flexibility index (Phi) is 2.23. The Morgan fingerprint density at radius 3 is 2.57 bits per heavy atom. The Balaban J connectivity index is 2.15. The van der Waals surface area contributed by atoms with Crippen LogP contribution in [0.15, 0.2) is 36.7 Å². The van der Waals surface area contributed by atoms with E-state index >= 15 is 0 Å². The lowest BCUT2D eigenvalue weighted by atomic mass is 10.1. The number of aromatic nitrogens is 2. The minimum Gasteiger partial charge on any atom is -0.396 e. The third-order valence-electron chi connectivity index (χ3n) is 2.12. The maximum absolute atomic E-state index is 5.57. The van der Waals surface area contributed by atoms with Crippen molar-refractivity contribution in [3.05, 3.63) is 47.8 Å². The first kappa shape index (κ1) is 8.81. The minimum atomic E-state index is 0.706. The molecule has 0 bridgehead atoms. The second-order valence-corrected chi connectivity index (χ2v) is 3.46. The molecular weight excluding hydrogens is 174 g/mol. The van der Waals surface area contributed by atoms with Gasteiger partial charge in [-0.2, -0.15) is 5.10 Å². The lowest BCUT2D eigenvalue weighted by Crippen LogP contribution is -1.99. The van der Waals surface area contributed by atoms with E-state index in [1.165, 1.54) is 11.1 Å². The minimum absolute atomic E-state index is 0.706.